The van der Waals surface area contributed by atoms with Crippen LogP contribution in [-0.2, 0) is 14.3 Å². The number of amides is 3. The number of likely N-dealkylation sites (N-methyl/N-ethyl adjacent to an activating group) is 2. The highest BCUT2D eigenvalue weighted by atomic mass is 16.5. The molecule has 0 aromatic heterocycles. The number of guanidine groups is 1. The molecule has 0 aliphatic carbocycles. The summed E-state index contributed by atoms with van der Waals surface area (Å²) in [6.45, 7) is 3.68. The van der Waals surface area contributed by atoms with E-state index in [1.807, 2.05) is 4.90 Å². The van der Waals surface area contributed by atoms with Crippen molar-refractivity contribution in [2.24, 2.45) is 4.99 Å². The van der Waals surface area contributed by atoms with E-state index in [1.54, 1.807) is 14.2 Å². The predicted octanol–water partition coefficient (Wildman–Crippen LogP) is -1.36. The third-order valence-electron chi connectivity index (χ3n) is 4.34. The van der Waals surface area contributed by atoms with Crippen molar-refractivity contribution in [3.8, 4) is 0 Å². The van der Waals surface area contributed by atoms with Gasteiger partial charge >= 0.3 is 12.0 Å². The third kappa shape index (κ3) is 2.59. The molecule has 3 aliphatic rings. The van der Waals surface area contributed by atoms with Crippen molar-refractivity contribution in [3.63, 3.8) is 0 Å². The van der Waals surface area contributed by atoms with Crippen molar-refractivity contribution < 1.29 is 23.6 Å². The molecule has 0 aromatic rings. The highest BCUT2D eigenvalue weighted by Crippen LogP contribution is 2.22. The molecule has 0 N–H and O–H groups in total. The van der Waals surface area contributed by atoms with Crippen LogP contribution >= 0.6 is 0 Å². The number of morpholine rings is 1. The van der Waals surface area contributed by atoms with Gasteiger partial charge in [0.1, 0.15) is 0 Å². The minimum absolute atomic E-state index is 0.258. The second-order valence-corrected chi connectivity index (χ2v) is 5.70. The molecule has 3 heterocycles. The molecular formula is C14H22N5O4+. The maximum absolute atomic E-state index is 12.6. The summed E-state index contributed by atoms with van der Waals surface area (Å²) < 4.78 is 12.7. The van der Waals surface area contributed by atoms with E-state index in [1.165, 1.54) is 11.9 Å². The molecule has 1 atom stereocenters. The van der Waals surface area contributed by atoms with Crippen LogP contribution in [0.2, 0.25) is 0 Å². The van der Waals surface area contributed by atoms with Crippen LogP contribution in [0.1, 0.15) is 0 Å². The van der Waals surface area contributed by atoms with Gasteiger partial charge in [0.2, 0.25) is 11.9 Å². The molecule has 0 bridgehead atoms. The van der Waals surface area contributed by atoms with Crippen molar-refractivity contribution in [1.82, 2.24) is 14.7 Å². The Balaban J connectivity index is 2.01. The second kappa shape index (κ2) is 6.25. The van der Waals surface area contributed by atoms with Crippen molar-refractivity contribution in [2.45, 2.75) is 6.04 Å². The number of rotatable bonds is 3. The number of urea groups is 1. The average Bonchev–Trinajstić information content (AvgIpc) is 2.96. The molecular weight excluding hydrogens is 302 g/mol. The first-order valence-electron chi connectivity index (χ1n) is 7.65. The van der Waals surface area contributed by atoms with Crippen molar-refractivity contribution in [2.75, 3.05) is 60.7 Å². The monoisotopic (exact) mass is 324 g/mol. The number of fused-ring (bicyclic) bond motifs is 1. The smallest absolute Gasteiger partial charge is 0.381 e. The van der Waals surface area contributed by atoms with Crippen LogP contribution in [0.25, 0.3) is 0 Å². The average molecular weight is 324 g/mol. The molecule has 0 spiro atoms. The summed E-state index contributed by atoms with van der Waals surface area (Å²) in [5.74, 6) is 0.940. The summed E-state index contributed by atoms with van der Waals surface area (Å²) in [7, 11) is 4.77. The van der Waals surface area contributed by atoms with E-state index in [-0.39, 0.29) is 11.9 Å². The molecule has 2 fully saturated rings. The summed E-state index contributed by atoms with van der Waals surface area (Å²) >= 11 is 0. The fourth-order valence-electron chi connectivity index (χ4n) is 3.02. The fourth-order valence-corrected chi connectivity index (χ4v) is 3.02. The van der Waals surface area contributed by atoms with Crippen LogP contribution in [0, 0.1) is 0 Å². The molecule has 3 rings (SSSR count). The minimum Gasteiger partial charge on any atom is -0.381 e. The van der Waals surface area contributed by atoms with E-state index in [0.717, 1.165) is 4.90 Å². The van der Waals surface area contributed by atoms with E-state index in [0.29, 0.717) is 51.3 Å². The maximum atomic E-state index is 12.6. The highest BCUT2D eigenvalue weighted by Gasteiger charge is 2.55. The number of carbonyl (C=O) groups is 2. The molecule has 126 valence electrons. The normalized spacial score (nSPS) is 25.3. The lowest BCUT2D eigenvalue weighted by Gasteiger charge is -2.33. The largest absolute Gasteiger partial charge is 0.392 e. The molecule has 2 saturated heterocycles. The van der Waals surface area contributed by atoms with Crippen LogP contribution in [0.5, 0.6) is 0 Å². The fraction of sp³-hybridized carbons (Fsp3) is 0.714. The number of hydrogen-bond acceptors (Lipinski definition) is 4. The van der Waals surface area contributed by atoms with Gasteiger partial charge in [-0.25, -0.2) is 9.69 Å². The lowest BCUT2D eigenvalue weighted by atomic mass is 10.1. The molecule has 23 heavy (non-hydrogen) atoms. The van der Waals surface area contributed by atoms with E-state index >= 15 is 0 Å². The lowest BCUT2D eigenvalue weighted by molar-refractivity contribution is -0.554. The number of nitrogens with zero attached hydrogens (tertiary/aromatic N) is 5. The molecule has 0 radical (unpaired) electrons. The van der Waals surface area contributed by atoms with E-state index in [4.69, 9.17) is 9.47 Å². The topological polar surface area (TPSA) is 77.7 Å². The maximum Gasteiger partial charge on any atom is 0.392 e. The number of hydrogen-bond donors (Lipinski definition) is 0. The number of imide groups is 1. The zero-order valence-corrected chi connectivity index (χ0v) is 13.7. The molecule has 9 heteroatoms. The van der Waals surface area contributed by atoms with Crippen molar-refractivity contribution in [3.05, 3.63) is 0 Å². The van der Waals surface area contributed by atoms with Crippen LogP contribution in [0.3, 0.4) is 0 Å². The summed E-state index contributed by atoms with van der Waals surface area (Å²) in [6.07, 6.45) is 0. The van der Waals surface area contributed by atoms with Gasteiger partial charge in [0.15, 0.2) is 0 Å². The molecule has 9 nitrogen and oxygen atoms in total. The van der Waals surface area contributed by atoms with Crippen LogP contribution < -0.4 is 0 Å². The molecule has 0 aromatic carbocycles. The number of ether oxygens (including phenoxy) is 2. The number of aliphatic imine (C=N–C) groups is 1. The highest BCUT2D eigenvalue weighted by molar-refractivity contribution is 6.25. The van der Waals surface area contributed by atoms with Gasteiger partial charge in [0, 0.05) is 21.2 Å². The zero-order valence-electron chi connectivity index (χ0n) is 13.7. The van der Waals surface area contributed by atoms with Gasteiger partial charge in [0.25, 0.3) is 5.91 Å². The van der Waals surface area contributed by atoms with Gasteiger partial charge in [-0.15, -0.1) is 0 Å². The van der Waals surface area contributed by atoms with Gasteiger partial charge < -0.3 is 9.47 Å². The quantitative estimate of drug-likeness (QED) is 0.599. The Morgan fingerprint density at radius 3 is 2.61 bits per heavy atom. The first-order chi connectivity index (χ1) is 11.1. The Hall–Kier alpha value is -2.00. The Bertz CT molecular complexity index is 580. The standard InChI is InChI=1S/C14H22N5O4/c1-16-11-10(12(20)17(2)14(16)21)19(6-7-22-3)13(15-11)18-4-8-23-9-5-18/h10H,4-9H2,1-3H3/q+1. The zero-order chi connectivity index (χ0) is 16.6. The SMILES string of the molecule is COCCN1C(=[N+]2CCOCC2)N=C2C1C(=O)N(C)C(=O)N2C. The summed E-state index contributed by atoms with van der Waals surface area (Å²) in [4.78, 5) is 33.9. The van der Waals surface area contributed by atoms with E-state index < -0.39 is 6.04 Å². The summed E-state index contributed by atoms with van der Waals surface area (Å²) in [6, 6.07) is -0.935. The molecule has 3 amide bonds. The van der Waals surface area contributed by atoms with Crippen molar-refractivity contribution in [1.29, 1.82) is 0 Å². The van der Waals surface area contributed by atoms with Gasteiger partial charge in [-0.3, -0.25) is 19.2 Å². The molecule has 1 unspecified atom stereocenters. The Morgan fingerprint density at radius 1 is 1.26 bits per heavy atom. The van der Waals surface area contributed by atoms with Crippen LogP contribution in [0.4, 0.5) is 4.79 Å². The number of carbonyl (C=O) groups excluding carboxylic acids is 2. The molecule has 0 saturated carbocycles. The minimum atomic E-state index is -0.573. The second-order valence-electron chi connectivity index (χ2n) is 5.70. The first-order valence-corrected chi connectivity index (χ1v) is 7.65. The van der Waals surface area contributed by atoms with Gasteiger partial charge in [-0.2, -0.15) is 0 Å². The van der Waals surface area contributed by atoms with Gasteiger partial charge in [-0.1, -0.05) is 4.99 Å². The number of methoxy groups -OCH3 is 1. The lowest BCUT2D eigenvalue weighted by Crippen LogP contribution is -2.63. The third-order valence-corrected chi connectivity index (χ3v) is 4.34. The van der Waals surface area contributed by atoms with Crippen molar-refractivity contribution >= 4 is 23.7 Å². The summed E-state index contributed by atoms with van der Waals surface area (Å²) in [5.41, 5.74) is 0. The van der Waals surface area contributed by atoms with E-state index in [9.17, 15) is 9.59 Å². The Morgan fingerprint density at radius 2 is 1.96 bits per heavy atom. The Labute approximate surface area is 134 Å². The van der Waals surface area contributed by atoms with Gasteiger partial charge in [0.05, 0.1) is 39.5 Å². The Kier molecular flexibility index (Phi) is 4.31. The number of amidine groups is 1. The van der Waals surface area contributed by atoms with Crippen LogP contribution in [0.15, 0.2) is 4.99 Å². The van der Waals surface area contributed by atoms with Gasteiger partial charge in [-0.05, 0) is 0 Å². The predicted molar refractivity (Wildman–Crippen MR) is 81.6 cm³/mol. The van der Waals surface area contributed by atoms with Crippen LogP contribution in [-0.4, -0.2) is 110 Å². The van der Waals surface area contributed by atoms with E-state index in [2.05, 4.69) is 9.57 Å². The molecule has 3 aliphatic heterocycles. The first kappa shape index (κ1) is 15.9. The summed E-state index contributed by atoms with van der Waals surface area (Å²) in [5, 5.41) is 0.